The van der Waals surface area contributed by atoms with E-state index in [0.29, 0.717) is 12.5 Å². The average molecular weight is 651 g/mol. The highest BCUT2D eigenvalue weighted by atomic mass is 19.1. The molecule has 0 radical (unpaired) electrons. The lowest BCUT2D eigenvalue weighted by molar-refractivity contribution is 0.0327. The van der Waals surface area contributed by atoms with E-state index in [1.54, 1.807) is 12.1 Å². The first kappa shape index (κ1) is 31.1. The van der Waals surface area contributed by atoms with Crippen molar-refractivity contribution in [2.75, 3.05) is 45.9 Å². The van der Waals surface area contributed by atoms with Gasteiger partial charge in [-0.15, -0.1) is 0 Å². The van der Waals surface area contributed by atoms with Gasteiger partial charge in [-0.05, 0) is 54.7 Å². The summed E-state index contributed by atoms with van der Waals surface area (Å²) in [6, 6.07) is 17.4. The van der Waals surface area contributed by atoms with Gasteiger partial charge >= 0.3 is 5.97 Å². The molecule has 4 heterocycles. The number of carboxylic acid groups (broad SMARTS) is 1. The van der Waals surface area contributed by atoms with Crippen molar-refractivity contribution >= 4 is 27.8 Å². The standard InChI is InChI=1S/C39H40F2N4O3/c40-31-7-4-8-32(41)36(31)33-14-11-26-9-12-28-30(37(26)42-33)24-44(16-15-43-19-21-48-22-20-43)17-18-45-34-23-27(39(46)47)10-13-29(34)35(38(28)45)25-5-2-1-3-6-25/h4,7-14,23,25H,1-3,5-6,15-22,24H2,(H,46,47). The number of carboxylic acids is 1. The summed E-state index contributed by atoms with van der Waals surface area (Å²) in [7, 11) is 0. The number of rotatable bonds is 6. The van der Waals surface area contributed by atoms with E-state index >= 15 is 8.78 Å². The van der Waals surface area contributed by atoms with Gasteiger partial charge in [0, 0.05) is 73.2 Å². The van der Waals surface area contributed by atoms with E-state index in [1.165, 1.54) is 43.0 Å². The molecule has 1 saturated carbocycles. The summed E-state index contributed by atoms with van der Waals surface area (Å²) in [5, 5.41) is 12.0. The van der Waals surface area contributed by atoms with Gasteiger partial charge in [0.2, 0.25) is 0 Å². The highest BCUT2D eigenvalue weighted by Crippen LogP contribution is 2.46. The smallest absolute Gasteiger partial charge is 0.335 e. The molecule has 5 aromatic rings. The van der Waals surface area contributed by atoms with Crippen LogP contribution in [0.2, 0.25) is 0 Å². The van der Waals surface area contributed by atoms with Crippen LogP contribution in [0.15, 0.2) is 60.7 Å². The van der Waals surface area contributed by atoms with E-state index in [0.717, 1.165) is 104 Å². The van der Waals surface area contributed by atoms with Gasteiger partial charge in [-0.25, -0.2) is 18.6 Å². The Kier molecular flexibility index (Phi) is 8.44. The van der Waals surface area contributed by atoms with Crippen molar-refractivity contribution in [3.05, 3.63) is 89.0 Å². The Labute approximate surface area is 278 Å². The quantitative estimate of drug-likeness (QED) is 0.203. The van der Waals surface area contributed by atoms with Gasteiger partial charge in [0.05, 0.1) is 41.2 Å². The molecule has 2 aliphatic heterocycles. The Hall–Kier alpha value is -4.18. The monoisotopic (exact) mass is 650 g/mol. The van der Waals surface area contributed by atoms with Gasteiger partial charge in [-0.2, -0.15) is 0 Å². The van der Waals surface area contributed by atoms with Gasteiger partial charge in [-0.3, -0.25) is 9.80 Å². The largest absolute Gasteiger partial charge is 0.478 e. The van der Waals surface area contributed by atoms with E-state index in [2.05, 4.69) is 26.5 Å². The number of hydrogen-bond acceptors (Lipinski definition) is 5. The van der Waals surface area contributed by atoms with Crippen LogP contribution in [0.4, 0.5) is 8.78 Å². The molecule has 1 saturated heterocycles. The second-order valence-electron chi connectivity index (χ2n) is 13.5. The third-order valence-electron chi connectivity index (χ3n) is 10.7. The normalized spacial score (nSPS) is 18.0. The van der Waals surface area contributed by atoms with Crippen molar-refractivity contribution in [1.29, 1.82) is 0 Å². The van der Waals surface area contributed by atoms with Gasteiger partial charge in [0.15, 0.2) is 0 Å². The Morgan fingerprint density at radius 3 is 2.40 bits per heavy atom. The van der Waals surface area contributed by atoms with Crippen LogP contribution < -0.4 is 0 Å². The highest BCUT2D eigenvalue weighted by Gasteiger charge is 2.31. The molecule has 248 valence electrons. The zero-order valence-corrected chi connectivity index (χ0v) is 27.1. The van der Waals surface area contributed by atoms with Crippen LogP contribution in [0, 0.1) is 11.6 Å². The molecule has 2 fully saturated rings. The van der Waals surface area contributed by atoms with E-state index in [9.17, 15) is 9.90 Å². The summed E-state index contributed by atoms with van der Waals surface area (Å²) in [5.74, 6) is -1.85. The Bertz CT molecular complexity index is 1990. The van der Waals surface area contributed by atoms with Crippen LogP contribution in [0.5, 0.6) is 0 Å². The van der Waals surface area contributed by atoms with Crippen molar-refractivity contribution in [3.8, 4) is 22.5 Å². The first-order valence-corrected chi connectivity index (χ1v) is 17.3. The SMILES string of the molecule is O=C(O)c1ccc2c(C3CCCCC3)c3n(c2c1)CCN(CCN1CCOCC1)Cc1c-3ccc2ccc(-c3c(F)cccc3F)nc12. The topological polar surface area (TPSA) is 70.8 Å². The third-order valence-corrected chi connectivity index (χ3v) is 10.7. The minimum absolute atomic E-state index is 0.120. The molecular formula is C39H40F2N4O3. The van der Waals surface area contributed by atoms with Crippen molar-refractivity contribution in [1.82, 2.24) is 19.4 Å². The van der Waals surface area contributed by atoms with Crippen LogP contribution in [0.1, 0.15) is 59.5 Å². The minimum Gasteiger partial charge on any atom is -0.478 e. The average Bonchev–Trinajstić information content (AvgIpc) is 3.42. The number of pyridine rings is 1. The molecule has 9 heteroatoms. The van der Waals surface area contributed by atoms with Crippen LogP contribution in [-0.2, 0) is 17.8 Å². The lowest BCUT2D eigenvalue weighted by atomic mass is 9.81. The summed E-state index contributed by atoms with van der Waals surface area (Å²) in [6.45, 7) is 7.14. The summed E-state index contributed by atoms with van der Waals surface area (Å²) in [6.07, 6.45) is 5.75. The highest BCUT2D eigenvalue weighted by molar-refractivity contribution is 6.00. The molecule has 0 atom stereocenters. The zero-order chi connectivity index (χ0) is 32.8. The van der Waals surface area contributed by atoms with Gasteiger partial charge < -0.3 is 14.4 Å². The van der Waals surface area contributed by atoms with E-state index < -0.39 is 17.6 Å². The lowest BCUT2D eigenvalue weighted by Gasteiger charge is -2.33. The summed E-state index contributed by atoms with van der Waals surface area (Å²) in [4.78, 5) is 22.1. The van der Waals surface area contributed by atoms with E-state index in [4.69, 9.17) is 9.72 Å². The first-order chi connectivity index (χ1) is 23.5. The van der Waals surface area contributed by atoms with Crippen LogP contribution in [0.25, 0.3) is 44.3 Å². The predicted molar refractivity (Wildman–Crippen MR) is 183 cm³/mol. The molecule has 0 unspecified atom stereocenters. The molecule has 1 N–H and O–H groups in total. The number of aromatic nitrogens is 2. The zero-order valence-electron chi connectivity index (χ0n) is 27.1. The molecule has 48 heavy (non-hydrogen) atoms. The van der Waals surface area contributed by atoms with Crippen molar-refractivity contribution < 1.29 is 23.4 Å². The minimum atomic E-state index is -0.937. The number of nitrogens with zero attached hydrogens (tertiary/aromatic N) is 4. The van der Waals surface area contributed by atoms with Crippen LogP contribution >= 0.6 is 0 Å². The molecule has 2 aromatic heterocycles. The van der Waals surface area contributed by atoms with Crippen LogP contribution in [-0.4, -0.2) is 76.4 Å². The molecule has 3 aromatic carbocycles. The summed E-state index contributed by atoms with van der Waals surface area (Å²) < 4.78 is 38.0. The molecule has 1 aliphatic carbocycles. The maximum atomic E-state index is 15.0. The number of morpholine rings is 1. The second kappa shape index (κ2) is 13.0. The van der Waals surface area contributed by atoms with Gasteiger partial charge in [0.25, 0.3) is 0 Å². The Balaban J connectivity index is 1.35. The van der Waals surface area contributed by atoms with Crippen molar-refractivity contribution in [3.63, 3.8) is 0 Å². The number of ether oxygens (including phenoxy) is 1. The number of aromatic carboxylic acids is 1. The molecule has 0 spiro atoms. The molecule has 0 bridgehead atoms. The number of carbonyl (C=O) groups is 1. The van der Waals surface area contributed by atoms with E-state index in [1.807, 2.05) is 18.2 Å². The fraction of sp³-hybridized carbons (Fsp3) is 0.385. The fourth-order valence-corrected chi connectivity index (χ4v) is 8.19. The summed E-state index contributed by atoms with van der Waals surface area (Å²) in [5.41, 5.74) is 6.64. The molecule has 0 amide bonds. The maximum Gasteiger partial charge on any atom is 0.335 e. The number of halogens is 2. The molecule has 8 rings (SSSR count). The maximum absolute atomic E-state index is 15.0. The van der Waals surface area contributed by atoms with Crippen molar-refractivity contribution in [2.24, 2.45) is 0 Å². The Morgan fingerprint density at radius 1 is 0.875 bits per heavy atom. The number of fused-ring (bicyclic) bond motifs is 7. The lowest BCUT2D eigenvalue weighted by Crippen LogP contribution is -2.42. The van der Waals surface area contributed by atoms with Gasteiger partial charge in [-0.1, -0.05) is 49.6 Å². The van der Waals surface area contributed by atoms with E-state index in [-0.39, 0.29) is 16.8 Å². The molecule has 7 nitrogen and oxygen atoms in total. The van der Waals surface area contributed by atoms with Crippen LogP contribution in [0.3, 0.4) is 0 Å². The predicted octanol–water partition coefficient (Wildman–Crippen LogP) is 7.70. The fourth-order valence-electron chi connectivity index (χ4n) is 8.19. The number of benzene rings is 3. The first-order valence-electron chi connectivity index (χ1n) is 17.3. The summed E-state index contributed by atoms with van der Waals surface area (Å²) >= 11 is 0. The second-order valence-corrected chi connectivity index (χ2v) is 13.5. The van der Waals surface area contributed by atoms with Crippen molar-refractivity contribution in [2.45, 2.75) is 51.1 Å². The van der Waals surface area contributed by atoms with Gasteiger partial charge in [0.1, 0.15) is 11.6 Å². The third kappa shape index (κ3) is 5.67. The number of hydrogen-bond donors (Lipinski definition) is 1. The molecular weight excluding hydrogens is 610 g/mol. The Morgan fingerprint density at radius 2 is 1.62 bits per heavy atom. The molecule has 3 aliphatic rings.